The van der Waals surface area contributed by atoms with Gasteiger partial charge in [0, 0.05) is 25.8 Å². The second kappa shape index (κ2) is 6.97. The van der Waals surface area contributed by atoms with Gasteiger partial charge in [0.2, 0.25) is 5.91 Å². The largest absolute Gasteiger partial charge is 0.385 e. The van der Waals surface area contributed by atoms with Crippen LogP contribution < -0.4 is 10.6 Å². The third-order valence-electron chi connectivity index (χ3n) is 3.49. The van der Waals surface area contributed by atoms with Crippen LogP contribution >= 0.6 is 0 Å². The first-order chi connectivity index (χ1) is 8.07. The lowest BCUT2D eigenvalue weighted by Gasteiger charge is -2.29. The van der Waals surface area contributed by atoms with Crippen LogP contribution in [0.1, 0.15) is 46.0 Å². The van der Waals surface area contributed by atoms with Crippen LogP contribution in [0.15, 0.2) is 0 Å². The van der Waals surface area contributed by atoms with Crippen molar-refractivity contribution >= 4 is 5.91 Å². The summed E-state index contributed by atoms with van der Waals surface area (Å²) in [6.07, 6.45) is 5.76. The predicted octanol–water partition coefficient (Wildman–Crippen LogP) is 1.45. The average molecular weight is 242 g/mol. The van der Waals surface area contributed by atoms with Gasteiger partial charge in [0.1, 0.15) is 0 Å². The maximum absolute atomic E-state index is 11.8. The Kier molecular flexibility index (Phi) is 5.92. The minimum absolute atomic E-state index is 0.0919. The van der Waals surface area contributed by atoms with Crippen LogP contribution in [0.5, 0.6) is 0 Å². The van der Waals surface area contributed by atoms with Gasteiger partial charge < -0.3 is 15.4 Å². The number of carbonyl (C=O) groups is 1. The molecule has 1 rings (SSSR count). The lowest BCUT2D eigenvalue weighted by atomic mass is 9.99. The van der Waals surface area contributed by atoms with Crippen molar-refractivity contribution in [1.82, 2.24) is 10.6 Å². The Balaban J connectivity index is 2.22. The molecule has 0 aromatic rings. The molecule has 1 unspecified atom stereocenters. The number of rotatable bonds is 7. The Morgan fingerprint density at radius 2 is 2.06 bits per heavy atom. The fraction of sp³-hybridized carbons (Fsp3) is 0.923. The number of hydrogen-bond donors (Lipinski definition) is 2. The molecule has 0 aromatic carbocycles. The van der Waals surface area contributed by atoms with E-state index in [1.165, 1.54) is 25.7 Å². The normalized spacial score (nSPS) is 20.2. The SMILES string of the molecule is COCCCNC(=O)C(C)NC1(C)CCCC1. The molecule has 0 aliphatic heterocycles. The molecule has 17 heavy (non-hydrogen) atoms. The lowest BCUT2D eigenvalue weighted by molar-refractivity contribution is -0.123. The van der Waals surface area contributed by atoms with Crippen molar-refractivity contribution in [3.05, 3.63) is 0 Å². The smallest absolute Gasteiger partial charge is 0.236 e. The third kappa shape index (κ3) is 5.04. The number of nitrogens with one attached hydrogen (secondary N) is 2. The van der Waals surface area contributed by atoms with E-state index in [0.29, 0.717) is 13.2 Å². The van der Waals surface area contributed by atoms with E-state index in [1.807, 2.05) is 6.92 Å². The molecule has 0 bridgehead atoms. The standard InChI is InChI=1S/C13H26N2O2/c1-11(12(16)14-9-6-10-17-3)15-13(2)7-4-5-8-13/h11,15H,4-10H2,1-3H3,(H,14,16). The number of carbonyl (C=O) groups excluding carboxylic acids is 1. The van der Waals surface area contributed by atoms with Gasteiger partial charge in [0.05, 0.1) is 6.04 Å². The van der Waals surface area contributed by atoms with E-state index >= 15 is 0 Å². The maximum atomic E-state index is 11.8. The molecule has 4 nitrogen and oxygen atoms in total. The summed E-state index contributed by atoms with van der Waals surface area (Å²) in [5.74, 6) is 0.0919. The second-order valence-corrected chi connectivity index (χ2v) is 5.27. The summed E-state index contributed by atoms with van der Waals surface area (Å²) in [7, 11) is 1.67. The Bertz CT molecular complexity index is 238. The number of amides is 1. The zero-order valence-corrected chi connectivity index (χ0v) is 11.3. The molecule has 1 saturated carbocycles. The molecule has 1 aliphatic rings. The summed E-state index contributed by atoms with van der Waals surface area (Å²) in [4.78, 5) is 11.8. The Hall–Kier alpha value is -0.610. The van der Waals surface area contributed by atoms with Crippen molar-refractivity contribution in [2.24, 2.45) is 0 Å². The molecule has 0 aromatic heterocycles. The van der Waals surface area contributed by atoms with E-state index in [4.69, 9.17) is 4.74 Å². The monoisotopic (exact) mass is 242 g/mol. The first-order valence-corrected chi connectivity index (χ1v) is 6.62. The maximum Gasteiger partial charge on any atom is 0.236 e. The summed E-state index contributed by atoms with van der Waals surface area (Å²) in [5.41, 5.74) is 0.156. The second-order valence-electron chi connectivity index (χ2n) is 5.27. The van der Waals surface area contributed by atoms with E-state index in [9.17, 15) is 4.79 Å². The Morgan fingerprint density at radius 3 is 2.65 bits per heavy atom. The molecule has 0 saturated heterocycles. The molecule has 100 valence electrons. The van der Waals surface area contributed by atoms with Crippen molar-refractivity contribution in [3.8, 4) is 0 Å². The fourth-order valence-electron chi connectivity index (χ4n) is 2.47. The zero-order valence-electron chi connectivity index (χ0n) is 11.3. The van der Waals surface area contributed by atoms with Crippen LogP contribution in [0, 0.1) is 0 Å². The summed E-state index contributed by atoms with van der Waals surface area (Å²) in [6, 6.07) is -0.111. The van der Waals surface area contributed by atoms with E-state index in [1.54, 1.807) is 7.11 Å². The highest BCUT2D eigenvalue weighted by Crippen LogP contribution is 2.29. The topological polar surface area (TPSA) is 50.4 Å². The van der Waals surface area contributed by atoms with Crippen LogP contribution in [0.2, 0.25) is 0 Å². The lowest BCUT2D eigenvalue weighted by Crippen LogP contribution is -2.51. The van der Waals surface area contributed by atoms with E-state index in [0.717, 1.165) is 6.42 Å². The van der Waals surface area contributed by atoms with Gasteiger partial charge in [-0.15, -0.1) is 0 Å². The molecular weight excluding hydrogens is 216 g/mol. The number of hydrogen-bond acceptors (Lipinski definition) is 3. The number of methoxy groups -OCH3 is 1. The van der Waals surface area contributed by atoms with E-state index in [2.05, 4.69) is 17.6 Å². The van der Waals surface area contributed by atoms with Crippen LogP contribution in [0.25, 0.3) is 0 Å². The Morgan fingerprint density at radius 1 is 1.41 bits per heavy atom. The van der Waals surface area contributed by atoms with Crippen LogP contribution in [0.3, 0.4) is 0 Å². The van der Waals surface area contributed by atoms with Gasteiger partial charge in [-0.05, 0) is 33.1 Å². The average Bonchev–Trinajstić information content (AvgIpc) is 2.70. The highest BCUT2D eigenvalue weighted by atomic mass is 16.5. The molecule has 1 atom stereocenters. The minimum Gasteiger partial charge on any atom is -0.385 e. The molecule has 0 heterocycles. The van der Waals surface area contributed by atoms with Crippen LogP contribution in [-0.2, 0) is 9.53 Å². The van der Waals surface area contributed by atoms with Gasteiger partial charge in [-0.1, -0.05) is 12.8 Å². The molecule has 4 heteroatoms. The summed E-state index contributed by atoms with van der Waals surface area (Å²) >= 11 is 0. The molecule has 2 N–H and O–H groups in total. The van der Waals surface area contributed by atoms with Gasteiger partial charge >= 0.3 is 0 Å². The van der Waals surface area contributed by atoms with Crippen molar-refractivity contribution in [2.75, 3.05) is 20.3 Å². The van der Waals surface area contributed by atoms with Gasteiger partial charge in [0.25, 0.3) is 0 Å². The van der Waals surface area contributed by atoms with Crippen molar-refractivity contribution in [3.63, 3.8) is 0 Å². The summed E-state index contributed by atoms with van der Waals surface area (Å²) in [6.45, 7) is 5.54. The van der Waals surface area contributed by atoms with Crippen molar-refractivity contribution in [1.29, 1.82) is 0 Å². The van der Waals surface area contributed by atoms with Gasteiger partial charge in [-0.25, -0.2) is 0 Å². The molecular formula is C13H26N2O2. The quantitative estimate of drug-likeness (QED) is 0.664. The van der Waals surface area contributed by atoms with Gasteiger partial charge in [-0.2, -0.15) is 0 Å². The van der Waals surface area contributed by atoms with Crippen LogP contribution in [0.4, 0.5) is 0 Å². The van der Waals surface area contributed by atoms with Crippen LogP contribution in [-0.4, -0.2) is 37.7 Å². The summed E-state index contributed by atoms with van der Waals surface area (Å²) in [5, 5.41) is 6.38. The molecule has 0 spiro atoms. The zero-order chi connectivity index (χ0) is 12.7. The third-order valence-corrected chi connectivity index (χ3v) is 3.49. The molecule has 0 radical (unpaired) electrons. The Labute approximate surface area is 104 Å². The summed E-state index contributed by atoms with van der Waals surface area (Å²) < 4.78 is 4.94. The van der Waals surface area contributed by atoms with E-state index in [-0.39, 0.29) is 17.5 Å². The first kappa shape index (κ1) is 14.5. The van der Waals surface area contributed by atoms with Gasteiger partial charge in [0.15, 0.2) is 0 Å². The highest BCUT2D eigenvalue weighted by molar-refractivity contribution is 5.81. The molecule has 1 amide bonds. The molecule has 1 fully saturated rings. The van der Waals surface area contributed by atoms with Crippen molar-refractivity contribution in [2.45, 2.75) is 57.5 Å². The first-order valence-electron chi connectivity index (χ1n) is 6.62. The highest BCUT2D eigenvalue weighted by Gasteiger charge is 2.31. The molecule has 1 aliphatic carbocycles. The fourth-order valence-corrected chi connectivity index (χ4v) is 2.47. The number of ether oxygens (including phenoxy) is 1. The van der Waals surface area contributed by atoms with Gasteiger partial charge in [-0.3, -0.25) is 4.79 Å². The predicted molar refractivity (Wildman–Crippen MR) is 69.0 cm³/mol. The van der Waals surface area contributed by atoms with Crippen molar-refractivity contribution < 1.29 is 9.53 Å². The minimum atomic E-state index is -0.111. The van der Waals surface area contributed by atoms with E-state index < -0.39 is 0 Å².